The lowest BCUT2D eigenvalue weighted by Crippen LogP contribution is -2.35. The maximum atomic E-state index is 12.0. The Bertz CT molecular complexity index is 520. The lowest BCUT2D eigenvalue weighted by molar-refractivity contribution is 0.0284. The van der Waals surface area contributed by atoms with Crippen molar-refractivity contribution in [3.8, 4) is 6.01 Å². The first-order valence-electron chi connectivity index (χ1n) is 7.66. The van der Waals surface area contributed by atoms with Gasteiger partial charge in [0.15, 0.2) is 0 Å². The monoisotopic (exact) mass is 307 g/mol. The van der Waals surface area contributed by atoms with Crippen LogP contribution < -0.4 is 4.74 Å². The fourth-order valence-corrected chi connectivity index (χ4v) is 2.41. The van der Waals surface area contributed by atoms with Gasteiger partial charge in [0.05, 0.1) is 6.61 Å². The number of aromatic nitrogens is 2. The molecule has 1 fully saturated rings. The molecule has 0 radical (unpaired) electrons. The molecule has 1 aromatic rings. The Morgan fingerprint density at radius 1 is 1.32 bits per heavy atom. The highest BCUT2D eigenvalue weighted by Crippen LogP contribution is 2.20. The Balaban J connectivity index is 1.82. The molecule has 1 aliphatic rings. The molecule has 0 spiro atoms. The summed E-state index contributed by atoms with van der Waals surface area (Å²) in [6.07, 6.45) is 0.655. The van der Waals surface area contributed by atoms with Gasteiger partial charge in [0.1, 0.15) is 5.60 Å². The van der Waals surface area contributed by atoms with Crippen LogP contribution in [0.2, 0.25) is 0 Å². The fraction of sp³-hybridized carbons (Fsp3) is 0.688. The summed E-state index contributed by atoms with van der Waals surface area (Å²) in [6, 6.07) is 2.32. The highest BCUT2D eigenvalue weighted by Gasteiger charge is 2.30. The third kappa shape index (κ3) is 4.86. The van der Waals surface area contributed by atoms with Crippen LogP contribution in [0.4, 0.5) is 4.79 Å². The van der Waals surface area contributed by atoms with Gasteiger partial charge in [-0.2, -0.15) is 0 Å². The van der Waals surface area contributed by atoms with E-state index in [-0.39, 0.29) is 12.0 Å². The first-order chi connectivity index (χ1) is 10.2. The average Bonchev–Trinajstić information content (AvgIpc) is 2.82. The SMILES string of the molecule is Cc1cc(C)nc(OC[C@@H]2CCN(C(=O)OC(C)(C)C)C2)n1. The molecule has 1 aliphatic heterocycles. The summed E-state index contributed by atoms with van der Waals surface area (Å²) in [7, 11) is 0. The summed E-state index contributed by atoms with van der Waals surface area (Å²) in [5.74, 6) is 0.289. The van der Waals surface area contributed by atoms with Gasteiger partial charge in [0.2, 0.25) is 0 Å². The van der Waals surface area contributed by atoms with E-state index in [2.05, 4.69) is 9.97 Å². The van der Waals surface area contributed by atoms with Crippen LogP contribution in [0.1, 0.15) is 38.6 Å². The molecule has 0 unspecified atom stereocenters. The Labute approximate surface area is 131 Å². The third-order valence-corrected chi connectivity index (χ3v) is 3.35. The van der Waals surface area contributed by atoms with E-state index in [1.54, 1.807) is 4.90 Å². The van der Waals surface area contributed by atoms with Gasteiger partial charge in [-0.1, -0.05) is 0 Å². The number of aryl methyl sites for hydroxylation is 2. The summed E-state index contributed by atoms with van der Waals surface area (Å²) in [5, 5.41) is 0. The van der Waals surface area contributed by atoms with Crippen molar-refractivity contribution in [2.45, 2.75) is 46.6 Å². The predicted octanol–water partition coefficient (Wildman–Crippen LogP) is 2.73. The molecule has 0 bridgehead atoms. The number of carbonyl (C=O) groups is 1. The lowest BCUT2D eigenvalue weighted by atomic mass is 10.1. The lowest BCUT2D eigenvalue weighted by Gasteiger charge is -2.24. The Hall–Kier alpha value is -1.85. The number of hydrogen-bond donors (Lipinski definition) is 0. The number of likely N-dealkylation sites (tertiary alicyclic amines) is 1. The molecule has 2 heterocycles. The largest absolute Gasteiger partial charge is 0.463 e. The van der Waals surface area contributed by atoms with Crippen molar-refractivity contribution in [2.24, 2.45) is 5.92 Å². The molecular formula is C16H25N3O3. The van der Waals surface area contributed by atoms with Gasteiger partial charge in [0, 0.05) is 30.4 Å². The second-order valence-corrected chi connectivity index (χ2v) is 6.83. The van der Waals surface area contributed by atoms with Crippen LogP contribution in [0.3, 0.4) is 0 Å². The second kappa shape index (κ2) is 6.50. The van der Waals surface area contributed by atoms with Crippen molar-refractivity contribution in [1.82, 2.24) is 14.9 Å². The third-order valence-electron chi connectivity index (χ3n) is 3.35. The quantitative estimate of drug-likeness (QED) is 0.859. The molecule has 0 aliphatic carbocycles. The van der Waals surface area contributed by atoms with E-state index in [9.17, 15) is 4.79 Å². The van der Waals surface area contributed by atoms with E-state index in [1.807, 2.05) is 40.7 Å². The molecule has 1 saturated heterocycles. The maximum absolute atomic E-state index is 12.0. The van der Waals surface area contributed by atoms with Crippen molar-refractivity contribution in [3.05, 3.63) is 17.5 Å². The summed E-state index contributed by atoms with van der Waals surface area (Å²) < 4.78 is 11.1. The van der Waals surface area contributed by atoms with Gasteiger partial charge in [0.25, 0.3) is 0 Å². The van der Waals surface area contributed by atoms with Crippen LogP contribution in [-0.2, 0) is 4.74 Å². The van der Waals surface area contributed by atoms with E-state index in [1.165, 1.54) is 0 Å². The van der Waals surface area contributed by atoms with Gasteiger partial charge in [-0.3, -0.25) is 0 Å². The Morgan fingerprint density at radius 2 is 1.95 bits per heavy atom. The van der Waals surface area contributed by atoms with Crippen LogP contribution >= 0.6 is 0 Å². The zero-order valence-corrected chi connectivity index (χ0v) is 14.0. The molecule has 1 aromatic heterocycles. The summed E-state index contributed by atoms with van der Waals surface area (Å²) >= 11 is 0. The first-order valence-corrected chi connectivity index (χ1v) is 7.66. The molecule has 22 heavy (non-hydrogen) atoms. The molecule has 1 atom stereocenters. The minimum atomic E-state index is -0.460. The fourth-order valence-electron chi connectivity index (χ4n) is 2.41. The van der Waals surface area contributed by atoms with Crippen LogP contribution in [-0.4, -0.2) is 46.3 Å². The van der Waals surface area contributed by atoms with Crippen LogP contribution in [0, 0.1) is 19.8 Å². The van der Waals surface area contributed by atoms with Crippen molar-refractivity contribution in [3.63, 3.8) is 0 Å². The molecule has 0 aromatic carbocycles. The minimum absolute atomic E-state index is 0.252. The Kier molecular flexibility index (Phi) is 4.88. The van der Waals surface area contributed by atoms with Crippen molar-refractivity contribution in [1.29, 1.82) is 0 Å². The van der Waals surface area contributed by atoms with Gasteiger partial charge in [-0.25, -0.2) is 14.8 Å². The zero-order valence-electron chi connectivity index (χ0n) is 14.0. The van der Waals surface area contributed by atoms with Gasteiger partial charge < -0.3 is 14.4 Å². The van der Waals surface area contributed by atoms with E-state index in [0.717, 1.165) is 17.8 Å². The number of amides is 1. The molecule has 0 saturated carbocycles. The molecule has 1 amide bonds. The van der Waals surface area contributed by atoms with Crippen LogP contribution in [0.15, 0.2) is 6.07 Å². The second-order valence-electron chi connectivity index (χ2n) is 6.83. The average molecular weight is 307 g/mol. The van der Waals surface area contributed by atoms with E-state index in [0.29, 0.717) is 25.7 Å². The normalized spacial score (nSPS) is 18.4. The summed E-state index contributed by atoms with van der Waals surface area (Å²) in [6.45, 7) is 11.3. The van der Waals surface area contributed by atoms with E-state index >= 15 is 0 Å². The van der Waals surface area contributed by atoms with Crippen LogP contribution in [0.5, 0.6) is 6.01 Å². The van der Waals surface area contributed by atoms with Gasteiger partial charge in [-0.05, 0) is 47.1 Å². The standard InChI is InChI=1S/C16H25N3O3/c1-11-8-12(2)18-14(17-11)21-10-13-6-7-19(9-13)15(20)22-16(3,4)5/h8,13H,6-7,9-10H2,1-5H3/t13-/m1/s1. The number of ether oxygens (including phenoxy) is 2. The number of nitrogens with zero attached hydrogens (tertiary/aromatic N) is 3. The molecule has 6 heteroatoms. The van der Waals surface area contributed by atoms with Crippen LogP contribution in [0.25, 0.3) is 0 Å². The molecular weight excluding hydrogens is 282 g/mol. The minimum Gasteiger partial charge on any atom is -0.463 e. The molecule has 6 nitrogen and oxygen atoms in total. The van der Waals surface area contributed by atoms with Gasteiger partial charge >= 0.3 is 12.1 Å². The number of hydrogen-bond acceptors (Lipinski definition) is 5. The maximum Gasteiger partial charge on any atom is 0.410 e. The molecule has 2 rings (SSSR count). The Morgan fingerprint density at radius 3 is 2.55 bits per heavy atom. The molecule has 0 N–H and O–H groups in total. The predicted molar refractivity (Wildman–Crippen MR) is 82.9 cm³/mol. The topological polar surface area (TPSA) is 64.5 Å². The smallest absolute Gasteiger partial charge is 0.410 e. The number of carbonyl (C=O) groups excluding carboxylic acids is 1. The van der Waals surface area contributed by atoms with E-state index < -0.39 is 5.60 Å². The summed E-state index contributed by atoms with van der Waals surface area (Å²) in [4.78, 5) is 22.3. The highest BCUT2D eigenvalue weighted by atomic mass is 16.6. The van der Waals surface area contributed by atoms with Crippen molar-refractivity contribution >= 4 is 6.09 Å². The molecule has 122 valence electrons. The first kappa shape index (κ1) is 16.5. The van der Waals surface area contributed by atoms with E-state index in [4.69, 9.17) is 9.47 Å². The number of rotatable bonds is 3. The van der Waals surface area contributed by atoms with Gasteiger partial charge in [-0.15, -0.1) is 0 Å². The summed E-state index contributed by atoms with van der Waals surface area (Å²) in [5.41, 5.74) is 1.33. The zero-order chi connectivity index (χ0) is 16.3. The highest BCUT2D eigenvalue weighted by molar-refractivity contribution is 5.68. The van der Waals surface area contributed by atoms with Crippen molar-refractivity contribution < 1.29 is 14.3 Å². The van der Waals surface area contributed by atoms with Crippen molar-refractivity contribution in [2.75, 3.05) is 19.7 Å².